The summed E-state index contributed by atoms with van der Waals surface area (Å²) in [6, 6.07) is 0. The molecule has 0 heterocycles. The summed E-state index contributed by atoms with van der Waals surface area (Å²) in [5.41, 5.74) is 6.87. The lowest BCUT2D eigenvalue weighted by Gasteiger charge is -1.95. The topological polar surface area (TPSA) is 64.3 Å². The first kappa shape index (κ1) is 6.39. The Labute approximate surface area is 41.6 Å². The van der Waals surface area contributed by atoms with Gasteiger partial charge in [0.2, 0.25) is 5.91 Å². The van der Waals surface area contributed by atoms with E-state index in [9.17, 15) is 4.79 Å². The molecule has 0 atom stereocenters. The van der Waals surface area contributed by atoms with E-state index in [1.54, 1.807) is 0 Å². The Morgan fingerprint density at radius 3 is 2.71 bits per heavy atom. The summed E-state index contributed by atoms with van der Waals surface area (Å²) in [7, 11) is 0. The lowest BCUT2D eigenvalue weighted by Crippen LogP contribution is -2.23. The standard InChI is InChI=1S/C3H8N2O2/c1-3(6)5-7-2-4/h2,4H2,1H3,(H,5,6). The third-order valence-corrected chi connectivity index (χ3v) is 0.299. The van der Waals surface area contributed by atoms with E-state index >= 15 is 0 Å². The van der Waals surface area contributed by atoms with Crippen LogP contribution in [0.5, 0.6) is 0 Å². The molecule has 0 radical (unpaired) electrons. The Morgan fingerprint density at radius 2 is 2.57 bits per heavy atom. The molecule has 0 spiro atoms. The molecule has 1 amide bonds. The second-order valence-corrected chi connectivity index (χ2v) is 0.969. The van der Waals surface area contributed by atoms with Gasteiger partial charge in [0.05, 0.1) is 0 Å². The Bertz CT molecular complexity index is 64.0. The van der Waals surface area contributed by atoms with Crippen molar-refractivity contribution >= 4 is 5.91 Å². The van der Waals surface area contributed by atoms with Gasteiger partial charge in [-0.1, -0.05) is 0 Å². The maximum absolute atomic E-state index is 9.91. The highest BCUT2D eigenvalue weighted by molar-refractivity contribution is 5.71. The minimum absolute atomic E-state index is 0.0135. The minimum atomic E-state index is -0.245. The zero-order valence-electron chi connectivity index (χ0n) is 4.10. The van der Waals surface area contributed by atoms with Crippen LogP contribution in [0.4, 0.5) is 0 Å². The molecule has 0 fully saturated rings. The van der Waals surface area contributed by atoms with Crippen molar-refractivity contribution in [1.29, 1.82) is 0 Å². The number of carbonyl (C=O) groups excluding carboxylic acids is 1. The van der Waals surface area contributed by atoms with Crippen LogP contribution in [0.25, 0.3) is 0 Å². The highest BCUT2D eigenvalue weighted by Crippen LogP contribution is 1.57. The first-order chi connectivity index (χ1) is 3.27. The maximum atomic E-state index is 9.91. The van der Waals surface area contributed by atoms with E-state index < -0.39 is 0 Å². The van der Waals surface area contributed by atoms with Gasteiger partial charge in [-0.15, -0.1) is 0 Å². The fourth-order valence-corrected chi connectivity index (χ4v) is 0.143. The quantitative estimate of drug-likeness (QED) is 0.348. The fraction of sp³-hybridized carbons (Fsp3) is 0.667. The van der Waals surface area contributed by atoms with E-state index in [2.05, 4.69) is 4.84 Å². The van der Waals surface area contributed by atoms with Crippen molar-refractivity contribution in [1.82, 2.24) is 5.48 Å². The molecular formula is C3H8N2O2. The lowest BCUT2D eigenvalue weighted by molar-refractivity contribution is -0.131. The second-order valence-electron chi connectivity index (χ2n) is 0.969. The van der Waals surface area contributed by atoms with Crippen LogP contribution in [0.3, 0.4) is 0 Å². The van der Waals surface area contributed by atoms with Crippen LogP contribution in [0.15, 0.2) is 0 Å². The predicted molar refractivity (Wildman–Crippen MR) is 24.0 cm³/mol. The molecule has 4 heteroatoms. The monoisotopic (exact) mass is 104 g/mol. The largest absolute Gasteiger partial charge is 0.307 e. The number of hydroxylamine groups is 1. The predicted octanol–water partition coefficient (Wildman–Crippen LogP) is -1.03. The maximum Gasteiger partial charge on any atom is 0.240 e. The summed E-state index contributed by atoms with van der Waals surface area (Å²) >= 11 is 0. The Morgan fingerprint density at radius 1 is 2.00 bits per heavy atom. The number of hydrogen-bond donors (Lipinski definition) is 2. The Kier molecular flexibility index (Phi) is 3.26. The average molecular weight is 104 g/mol. The van der Waals surface area contributed by atoms with E-state index in [0.29, 0.717) is 0 Å². The van der Waals surface area contributed by atoms with Gasteiger partial charge in [-0.25, -0.2) is 5.48 Å². The van der Waals surface area contributed by atoms with Crippen LogP contribution in [0, 0.1) is 0 Å². The average Bonchev–Trinajstić information content (AvgIpc) is 1.61. The molecule has 7 heavy (non-hydrogen) atoms. The van der Waals surface area contributed by atoms with Crippen molar-refractivity contribution in [2.24, 2.45) is 5.73 Å². The molecular weight excluding hydrogens is 96.0 g/mol. The molecule has 0 aromatic carbocycles. The van der Waals surface area contributed by atoms with Gasteiger partial charge in [-0.05, 0) is 0 Å². The van der Waals surface area contributed by atoms with Gasteiger partial charge in [-0.2, -0.15) is 0 Å². The molecule has 0 saturated heterocycles. The van der Waals surface area contributed by atoms with Crippen molar-refractivity contribution in [2.45, 2.75) is 6.92 Å². The fourth-order valence-electron chi connectivity index (χ4n) is 0.143. The number of rotatable bonds is 2. The van der Waals surface area contributed by atoms with Gasteiger partial charge in [0.15, 0.2) is 0 Å². The first-order valence-corrected chi connectivity index (χ1v) is 1.86. The molecule has 0 bridgehead atoms. The van der Waals surface area contributed by atoms with Gasteiger partial charge in [0, 0.05) is 6.92 Å². The van der Waals surface area contributed by atoms with Crippen LogP contribution in [0.2, 0.25) is 0 Å². The van der Waals surface area contributed by atoms with Crippen LogP contribution >= 0.6 is 0 Å². The second kappa shape index (κ2) is 3.58. The van der Waals surface area contributed by atoms with E-state index in [4.69, 9.17) is 5.73 Å². The summed E-state index contributed by atoms with van der Waals surface area (Å²) < 4.78 is 0. The molecule has 0 aliphatic rings. The molecule has 0 aliphatic heterocycles. The highest BCUT2D eigenvalue weighted by atomic mass is 16.7. The van der Waals surface area contributed by atoms with E-state index in [0.717, 1.165) is 0 Å². The van der Waals surface area contributed by atoms with E-state index in [-0.39, 0.29) is 12.6 Å². The third kappa shape index (κ3) is 5.39. The normalized spacial score (nSPS) is 8.29. The molecule has 0 aromatic rings. The number of nitrogens with two attached hydrogens (primary N) is 1. The van der Waals surface area contributed by atoms with Crippen LogP contribution in [-0.2, 0) is 9.63 Å². The molecule has 0 saturated carbocycles. The summed E-state index contributed by atoms with van der Waals surface area (Å²) in [4.78, 5) is 14.2. The number of carbonyl (C=O) groups is 1. The lowest BCUT2D eigenvalue weighted by atomic mass is 10.8. The molecule has 4 nitrogen and oxygen atoms in total. The number of nitrogens with one attached hydrogen (secondary N) is 1. The molecule has 0 aromatic heterocycles. The highest BCUT2D eigenvalue weighted by Gasteiger charge is 1.83. The molecule has 42 valence electrons. The molecule has 0 unspecified atom stereocenters. The van der Waals surface area contributed by atoms with Crippen LogP contribution < -0.4 is 11.2 Å². The Balaban J connectivity index is 2.82. The van der Waals surface area contributed by atoms with Crippen molar-refractivity contribution in [3.63, 3.8) is 0 Å². The molecule has 3 N–H and O–H groups in total. The number of amides is 1. The Hall–Kier alpha value is -0.610. The first-order valence-electron chi connectivity index (χ1n) is 1.86. The SMILES string of the molecule is CC(=O)NOCN. The van der Waals surface area contributed by atoms with Gasteiger partial charge < -0.3 is 5.73 Å². The summed E-state index contributed by atoms with van der Waals surface area (Å²) in [5.74, 6) is -0.245. The molecule has 0 aliphatic carbocycles. The molecule has 0 rings (SSSR count). The van der Waals surface area contributed by atoms with E-state index in [1.807, 2.05) is 5.48 Å². The summed E-state index contributed by atoms with van der Waals surface area (Å²) in [5, 5.41) is 0. The van der Waals surface area contributed by atoms with Crippen molar-refractivity contribution in [2.75, 3.05) is 6.73 Å². The zero-order valence-corrected chi connectivity index (χ0v) is 4.10. The van der Waals surface area contributed by atoms with Gasteiger partial charge in [0.1, 0.15) is 6.73 Å². The van der Waals surface area contributed by atoms with Crippen molar-refractivity contribution in [3.8, 4) is 0 Å². The third-order valence-electron chi connectivity index (χ3n) is 0.299. The van der Waals surface area contributed by atoms with Gasteiger partial charge >= 0.3 is 0 Å². The zero-order chi connectivity index (χ0) is 5.70. The van der Waals surface area contributed by atoms with Crippen molar-refractivity contribution in [3.05, 3.63) is 0 Å². The van der Waals surface area contributed by atoms with Crippen molar-refractivity contribution < 1.29 is 9.63 Å². The summed E-state index contributed by atoms with van der Waals surface area (Å²) in [6.07, 6.45) is 0. The van der Waals surface area contributed by atoms with E-state index in [1.165, 1.54) is 6.92 Å². The van der Waals surface area contributed by atoms with Gasteiger partial charge in [0.25, 0.3) is 0 Å². The number of hydrogen-bond acceptors (Lipinski definition) is 3. The smallest absolute Gasteiger partial charge is 0.240 e. The van der Waals surface area contributed by atoms with Gasteiger partial charge in [-0.3, -0.25) is 9.63 Å². The van der Waals surface area contributed by atoms with Crippen LogP contribution in [0.1, 0.15) is 6.92 Å². The summed E-state index contributed by atoms with van der Waals surface area (Å²) in [6.45, 7) is 1.36. The minimum Gasteiger partial charge on any atom is -0.307 e. The van der Waals surface area contributed by atoms with Crippen LogP contribution in [-0.4, -0.2) is 12.6 Å².